The van der Waals surface area contributed by atoms with Crippen molar-refractivity contribution in [3.63, 3.8) is 0 Å². The minimum Gasteiger partial charge on any atom is -0.326 e. The number of fused-ring (bicyclic) bond motifs is 2. The number of rotatable bonds is 5. The molecule has 3 heteroatoms. The highest BCUT2D eigenvalue weighted by molar-refractivity contribution is 5.95. The summed E-state index contributed by atoms with van der Waals surface area (Å²) in [6.07, 6.45) is 11.6. The molecular formula is C32H32N2O. The number of nitrogens with one attached hydrogen (secondary N) is 1. The molecular weight excluding hydrogens is 428 g/mol. The quantitative estimate of drug-likeness (QED) is 0.344. The molecule has 0 saturated carbocycles. The van der Waals surface area contributed by atoms with Gasteiger partial charge in [-0.1, -0.05) is 97.5 Å². The fraction of sp³-hybridized carbons (Fsp3) is 0.219. The van der Waals surface area contributed by atoms with Crippen molar-refractivity contribution < 1.29 is 4.79 Å². The molecule has 1 fully saturated rings. The number of hydrogen-bond donors (Lipinski definition) is 1. The van der Waals surface area contributed by atoms with Gasteiger partial charge in [-0.2, -0.15) is 0 Å². The highest BCUT2D eigenvalue weighted by Crippen LogP contribution is 2.38. The summed E-state index contributed by atoms with van der Waals surface area (Å²) in [5, 5.41) is 2.89. The number of nitrogens with zero attached hydrogens (tertiary/aromatic N) is 1. The van der Waals surface area contributed by atoms with Crippen LogP contribution in [0.2, 0.25) is 0 Å². The molecule has 1 heterocycles. The van der Waals surface area contributed by atoms with E-state index in [0.29, 0.717) is 6.42 Å². The van der Waals surface area contributed by atoms with Crippen molar-refractivity contribution in [3.8, 4) is 0 Å². The van der Waals surface area contributed by atoms with Gasteiger partial charge < -0.3 is 5.32 Å². The van der Waals surface area contributed by atoms with Crippen LogP contribution in [0.1, 0.15) is 54.0 Å². The third-order valence-corrected chi connectivity index (χ3v) is 6.91. The second-order valence-corrected chi connectivity index (χ2v) is 9.21. The molecule has 5 rings (SSSR count). The molecule has 0 unspecified atom stereocenters. The molecule has 0 radical (unpaired) electrons. The molecule has 0 atom stereocenters. The third-order valence-electron chi connectivity index (χ3n) is 6.91. The van der Waals surface area contributed by atoms with Gasteiger partial charge in [0.25, 0.3) is 0 Å². The Morgan fingerprint density at radius 1 is 0.857 bits per heavy atom. The van der Waals surface area contributed by atoms with Crippen LogP contribution in [0.15, 0.2) is 84.4 Å². The lowest BCUT2D eigenvalue weighted by Gasteiger charge is -2.29. The molecule has 1 aliphatic carbocycles. The standard InChI is InChI=1S/C32H32N2O/c1-2-31(35)33-28-17-13-24(14-18-28)8-7-21-34-22-19-27(20-23-34)32-29-11-5-3-9-25(29)15-16-26-10-4-6-12-30(26)32/h3-18H,2,19-23H2,1H3,(H,33,35). The van der Waals surface area contributed by atoms with Crippen LogP contribution in [-0.4, -0.2) is 30.4 Å². The highest BCUT2D eigenvalue weighted by Gasteiger charge is 2.22. The van der Waals surface area contributed by atoms with E-state index in [1.54, 1.807) is 5.57 Å². The van der Waals surface area contributed by atoms with Crippen molar-refractivity contribution in [3.05, 3.63) is 112 Å². The summed E-state index contributed by atoms with van der Waals surface area (Å²) in [7, 11) is 0. The first-order chi connectivity index (χ1) is 17.2. The number of carbonyl (C=O) groups is 1. The molecule has 1 amide bonds. The Morgan fingerprint density at radius 2 is 1.46 bits per heavy atom. The molecule has 2 aliphatic rings. The van der Waals surface area contributed by atoms with Crippen LogP contribution in [0.25, 0.3) is 23.8 Å². The number of amides is 1. The Kier molecular flexibility index (Phi) is 7.06. The van der Waals surface area contributed by atoms with E-state index in [9.17, 15) is 4.79 Å². The van der Waals surface area contributed by atoms with E-state index in [-0.39, 0.29) is 5.91 Å². The van der Waals surface area contributed by atoms with E-state index in [1.165, 1.54) is 27.8 Å². The summed E-state index contributed by atoms with van der Waals surface area (Å²) >= 11 is 0. The van der Waals surface area contributed by atoms with Crippen molar-refractivity contribution in [2.75, 3.05) is 25.0 Å². The summed E-state index contributed by atoms with van der Waals surface area (Å²) in [5.41, 5.74) is 10.3. The molecule has 1 N–H and O–H groups in total. The normalized spacial score (nSPS) is 15.6. The van der Waals surface area contributed by atoms with Crippen molar-refractivity contribution in [1.29, 1.82) is 0 Å². The number of carbonyl (C=O) groups excluding carboxylic acids is 1. The lowest BCUT2D eigenvalue weighted by molar-refractivity contribution is -0.115. The van der Waals surface area contributed by atoms with E-state index in [2.05, 4.69) is 95.2 Å². The SMILES string of the molecule is CCC(=O)Nc1ccc(C=CCN2CCC(=C3c4ccccc4C=Cc4ccccc43)CC2)cc1. The van der Waals surface area contributed by atoms with Gasteiger partial charge in [0, 0.05) is 31.7 Å². The van der Waals surface area contributed by atoms with Crippen LogP contribution < -0.4 is 5.32 Å². The molecule has 1 aliphatic heterocycles. The predicted molar refractivity (Wildman–Crippen MR) is 148 cm³/mol. The first-order valence-electron chi connectivity index (χ1n) is 12.6. The van der Waals surface area contributed by atoms with E-state index >= 15 is 0 Å². The largest absolute Gasteiger partial charge is 0.326 e. The Bertz CT molecular complexity index is 1240. The van der Waals surface area contributed by atoms with Crippen LogP contribution in [0, 0.1) is 0 Å². The van der Waals surface area contributed by atoms with Crippen molar-refractivity contribution in [2.24, 2.45) is 0 Å². The second-order valence-electron chi connectivity index (χ2n) is 9.21. The fourth-order valence-electron chi connectivity index (χ4n) is 4.97. The van der Waals surface area contributed by atoms with Gasteiger partial charge in [0.15, 0.2) is 0 Å². The van der Waals surface area contributed by atoms with Crippen LogP contribution in [-0.2, 0) is 4.79 Å². The summed E-state index contributed by atoms with van der Waals surface area (Å²) in [6, 6.07) is 25.6. The van der Waals surface area contributed by atoms with Crippen LogP contribution in [0.3, 0.4) is 0 Å². The molecule has 0 spiro atoms. The zero-order valence-corrected chi connectivity index (χ0v) is 20.3. The Morgan fingerprint density at radius 3 is 2.06 bits per heavy atom. The Balaban J connectivity index is 1.26. The lowest BCUT2D eigenvalue weighted by Crippen LogP contribution is -2.31. The van der Waals surface area contributed by atoms with Crippen molar-refractivity contribution in [1.82, 2.24) is 4.90 Å². The number of hydrogen-bond acceptors (Lipinski definition) is 2. The Hall–Kier alpha value is -3.69. The minimum atomic E-state index is 0.0415. The summed E-state index contributed by atoms with van der Waals surface area (Å²) in [6.45, 7) is 4.95. The molecule has 0 aromatic heterocycles. The van der Waals surface area contributed by atoms with Gasteiger partial charge in [0.1, 0.15) is 0 Å². The third kappa shape index (κ3) is 5.36. The topological polar surface area (TPSA) is 32.3 Å². The number of piperidine rings is 1. The number of anilines is 1. The Labute approximate surface area is 208 Å². The zero-order chi connectivity index (χ0) is 24.0. The van der Waals surface area contributed by atoms with E-state index in [4.69, 9.17) is 0 Å². The van der Waals surface area contributed by atoms with Gasteiger partial charge in [-0.05, 0) is 58.4 Å². The molecule has 176 valence electrons. The van der Waals surface area contributed by atoms with E-state index < -0.39 is 0 Å². The maximum atomic E-state index is 11.5. The first-order valence-corrected chi connectivity index (χ1v) is 12.6. The van der Waals surface area contributed by atoms with Gasteiger partial charge >= 0.3 is 0 Å². The van der Waals surface area contributed by atoms with Crippen LogP contribution in [0.4, 0.5) is 5.69 Å². The van der Waals surface area contributed by atoms with Crippen molar-refractivity contribution in [2.45, 2.75) is 26.2 Å². The zero-order valence-electron chi connectivity index (χ0n) is 20.3. The summed E-state index contributed by atoms with van der Waals surface area (Å²) < 4.78 is 0. The molecule has 0 bridgehead atoms. The van der Waals surface area contributed by atoms with Gasteiger partial charge in [-0.25, -0.2) is 0 Å². The van der Waals surface area contributed by atoms with Crippen LogP contribution in [0.5, 0.6) is 0 Å². The molecule has 3 aromatic rings. The summed E-state index contributed by atoms with van der Waals surface area (Å²) in [4.78, 5) is 14.1. The van der Waals surface area contributed by atoms with Gasteiger partial charge in [0.05, 0.1) is 0 Å². The number of benzene rings is 3. The minimum absolute atomic E-state index is 0.0415. The molecule has 3 nitrogen and oxygen atoms in total. The van der Waals surface area contributed by atoms with Gasteiger partial charge in [0.2, 0.25) is 5.91 Å². The van der Waals surface area contributed by atoms with E-state index in [1.807, 2.05) is 19.1 Å². The second kappa shape index (κ2) is 10.7. The molecule has 3 aromatic carbocycles. The average molecular weight is 461 g/mol. The lowest BCUT2D eigenvalue weighted by atomic mass is 9.86. The fourth-order valence-corrected chi connectivity index (χ4v) is 4.97. The monoisotopic (exact) mass is 460 g/mol. The van der Waals surface area contributed by atoms with Gasteiger partial charge in [-0.3, -0.25) is 9.69 Å². The summed E-state index contributed by atoms with van der Waals surface area (Å²) in [5.74, 6) is 0.0415. The number of likely N-dealkylation sites (tertiary alicyclic amines) is 1. The van der Waals surface area contributed by atoms with Gasteiger partial charge in [-0.15, -0.1) is 0 Å². The maximum Gasteiger partial charge on any atom is 0.224 e. The smallest absolute Gasteiger partial charge is 0.224 e. The molecule has 1 saturated heterocycles. The molecule has 35 heavy (non-hydrogen) atoms. The highest BCUT2D eigenvalue weighted by atomic mass is 16.1. The van der Waals surface area contributed by atoms with E-state index in [0.717, 1.165) is 43.7 Å². The predicted octanol–water partition coefficient (Wildman–Crippen LogP) is 7.13. The van der Waals surface area contributed by atoms with Crippen LogP contribution >= 0.6 is 0 Å². The maximum absolute atomic E-state index is 11.5. The average Bonchev–Trinajstić information content (AvgIpc) is 3.07. The first kappa shape index (κ1) is 23.1. The van der Waals surface area contributed by atoms with Crippen molar-refractivity contribution >= 4 is 35.4 Å².